The zero-order valence-corrected chi connectivity index (χ0v) is 13.7. The molecule has 3 rings (SSSR count). The van der Waals surface area contributed by atoms with Crippen LogP contribution in [0.2, 0.25) is 0 Å². The number of amidine groups is 1. The Morgan fingerprint density at radius 1 is 1.48 bits per heavy atom. The number of hydrogen-bond donors (Lipinski definition) is 2. The number of pyridine rings is 1. The third-order valence-electron chi connectivity index (χ3n) is 4.14. The maximum atomic E-state index is 12.6. The number of hydrogen-bond acceptors (Lipinski definition) is 5. The van der Waals surface area contributed by atoms with Crippen molar-refractivity contribution in [1.29, 1.82) is 0 Å². The van der Waals surface area contributed by atoms with Crippen LogP contribution in [0.1, 0.15) is 30.5 Å². The van der Waals surface area contributed by atoms with Gasteiger partial charge in [0.2, 0.25) is 5.88 Å². The van der Waals surface area contributed by atoms with E-state index in [1.165, 1.54) is 6.20 Å². The number of carbonyl (C=O) groups is 1. The summed E-state index contributed by atoms with van der Waals surface area (Å²) in [6.07, 6.45) is 6.65. The van der Waals surface area contributed by atoms with Gasteiger partial charge >= 0.3 is 5.97 Å². The molecule has 0 bridgehead atoms. The van der Waals surface area contributed by atoms with Crippen molar-refractivity contribution in [2.24, 2.45) is 10.7 Å². The molecule has 0 unspecified atom stereocenters. The van der Waals surface area contributed by atoms with E-state index in [4.69, 9.17) is 15.3 Å². The van der Waals surface area contributed by atoms with E-state index in [1.807, 2.05) is 0 Å². The van der Waals surface area contributed by atoms with Crippen LogP contribution in [0, 0.1) is 6.92 Å². The first-order valence-electron chi connectivity index (χ1n) is 7.78. The average Bonchev–Trinajstić information content (AvgIpc) is 3.13. The summed E-state index contributed by atoms with van der Waals surface area (Å²) in [6.45, 7) is 4.88. The van der Waals surface area contributed by atoms with Gasteiger partial charge < -0.3 is 15.3 Å². The Morgan fingerprint density at radius 2 is 2.24 bits per heavy atom. The first kappa shape index (κ1) is 16.6. The fraction of sp³-hybridized carbons (Fsp3) is 0.222. The van der Waals surface area contributed by atoms with Crippen LogP contribution >= 0.6 is 0 Å². The lowest BCUT2D eigenvalue weighted by molar-refractivity contribution is -0.132. The highest BCUT2D eigenvalue weighted by Gasteiger charge is 2.16. The molecule has 0 spiro atoms. The molecule has 2 aromatic heterocycles. The van der Waals surface area contributed by atoms with Gasteiger partial charge in [-0.15, -0.1) is 0 Å². The van der Waals surface area contributed by atoms with Crippen molar-refractivity contribution in [3.8, 4) is 0 Å². The van der Waals surface area contributed by atoms with Crippen LogP contribution in [0.4, 0.5) is 5.88 Å². The number of fused-ring (bicyclic) bond motifs is 1. The van der Waals surface area contributed by atoms with Gasteiger partial charge in [0.15, 0.2) is 11.0 Å². The fourth-order valence-corrected chi connectivity index (χ4v) is 2.65. The van der Waals surface area contributed by atoms with Crippen molar-refractivity contribution in [2.45, 2.75) is 26.2 Å². The predicted molar refractivity (Wildman–Crippen MR) is 94.9 cm³/mol. The van der Waals surface area contributed by atoms with Gasteiger partial charge in [-0.3, -0.25) is 9.78 Å². The Labute approximate surface area is 143 Å². The van der Waals surface area contributed by atoms with Gasteiger partial charge in [-0.25, -0.2) is 4.79 Å². The van der Waals surface area contributed by atoms with Crippen LogP contribution in [-0.2, 0) is 4.79 Å². The quantitative estimate of drug-likeness (QED) is 0.502. The number of aliphatic imine (C=N–C) groups is 1. The summed E-state index contributed by atoms with van der Waals surface area (Å²) in [5.41, 5.74) is 7.39. The zero-order valence-electron chi connectivity index (χ0n) is 13.7. The summed E-state index contributed by atoms with van der Waals surface area (Å²) in [6, 6.07) is 1.72. The standard InChI is InChI=1S/C18H17N3O4/c1-9-15(22)12-7-13(11-5-3-4-6-11)20-8-14(12)25-17(9)21-16(19)10(2)18(23)24/h5,7-8H,2-4,6H2,1H3,(H2,19,21)(H,23,24). The Bertz CT molecular complexity index is 1010. The molecule has 7 nitrogen and oxygen atoms in total. The molecule has 128 valence electrons. The molecule has 3 N–H and O–H groups in total. The van der Waals surface area contributed by atoms with E-state index in [-0.39, 0.29) is 33.9 Å². The minimum Gasteiger partial charge on any atom is -0.478 e. The molecule has 1 aliphatic rings. The number of carboxylic acid groups (broad SMARTS) is 1. The Morgan fingerprint density at radius 3 is 2.88 bits per heavy atom. The third kappa shape index (κ3) is 3.08. The van der Waals surface area contributed by atoms with Gasteiger partial charge in [-0.1, -0.05) is 12.7 Å². The highest BCUT2D eigenvalue weighted by atomic mass is 16.4. The molecule has 0 radical (unpaired) electrons. The lowest BCUT2D eigenvalue weighted by Crippen LogP contribution is -2.20. The van der Waals surface area contributed by atoms with Gasteiger partial charge in [0.05, 0.1) is 28.4 Å². The van der Waals surface area contributed by atoms with Gasteiger partial charge in [0.25, 0.3) is 0 Å². The van der Waals surface area contributed by atoms with E-state index < -0.39 is 5.97 Å². The molecule has 0 saturated heterocycles. The third-order valence-corrected chi connectivity index (χ3v) is 4.14. The minimum atomic E-state index is -1.29. The van der Waals surface area contributed by atoms with Crippen molar-refractivity contribution in [2.75, 3.05) is 0 Å². The summed E-state index contributed by atoms with van der Waals surface area (Å²) in [4.78, 5) is 31.8. The van der Waals surface area contributed by atoms with Crippen LogP contribution in [0.3, 0.4) is 0 Å². The van der Waals surface area contributed by atoms with Crippen LogP contribution in [0.25, 0.3) is 16.5 Å². The maximum Gasteiger partial charge on any atom is 0.338 e. The normalized spacial score (nSPS) is 14.6. The van der Waals surface area contributed by atoms with E-state index in [2.05, 4.69) is 22.6 Å². The highest BCUT2D eigenvalue weighted by molar-refractivity contribution is 6.17. The molecule has 25 heavy (non-hydrogen) atoms. The van der Waals surface area contributed by atoms with Crippen LogP contribution < -0.4 is 11.2 Å². The molecule has 0 amide bonds. The summed E-state index contributed by atoms with van der Waals surface area (Å²) in [5, 5.41) is 9.30. The SMILES string of the molecule is C=C(C(=O)O)C(N)=Nc1oc2cnc(C3=CCCC3)cc2c(=O)c1C. The molecule has 0 aromatic carbocycles. The number of aliphatic carboxylic acids is 1. The molecule has 2 heterocycles. The molecule has 0 saturated carbocycles. The fourth-order valence-electron chi connectivity index (χ4n) is 2.65. The van der Waals surface area contributed by atoms with Crippen molar-refractivity contribution >= 4 is 34.2 Å². The Hall–Kier alpha value is -3.22. The van der Waals surface area contributed by atoms with Crippen molar-refractivity contribution in [3.05, 3.63) is 52.0 Å². The molecule has 0 atom stereocenters. The molecular formula is C18H17N3O4. The zero-order chi connectivity index (χ0) is 18.1. The van der Waals surface area contributed by atoms with Gasteiger partial charge in [0, 0.05) is 0 Å². The number of allylic oxidation sites excluding steroid dienone is 2. The number of nitrogens with zero attached hydrogens (tertiary/aromatic N) is 2. The highest BCUT2D eigenvalue weighted by Crippen LogP contribution is 2.29. The summed E-state index contributed by atoms with van der Waals surface area (Å²) < 4.78 is 5.61. The van der Waals surface area contributed by atoms with Crippen LogP contribution in [0.15, 0.2) is 44.7 Å². The number of carboxylic acids is 1. The molecule has 7 heteroatoms. The Kier molecular flexibility index (Phi) is 4.22. The first-order valence-corrected chi connectivity index (χ1v) is 7.78. The van der Waals surface area contributed by atoms with E-state index in [1.54, 1.807) is 13.0 Å². The van der Waals surface area contributed by atoms with Crippen LogP contribution in [0.5, 0.6) is 0 Å². The smallest absolute Gasteiger partial charge is 0.338 e. The van der Waals surface area contributed by atoms with Gasteiger partial charge in [0.1, 0.15) is 5.84 Å². The average molecular weight is 339 g/mol. The lowest BCUT2D eigenvalue weighted by atomic mass is 10.1. The van der Waals surface area contributed by atoms with Gasteiger partial charge in [-0.2, -0.15) is 4.99 Å². The lowest BCUT2D eigenvalue weighted by Gasteiger charge is -2.06. The second kappa shape index (κ2) is 6.35. The topological polar surface area (TPSA) is 119 Å². The van der Waals surface area contributed by atoms with Crippen molar-refractivity contribution in [3.63, 3.8) is 0 Å². The molecule has 0 fully saturated rings. The summed E-state index contributed by atoms with van der Waals surface area (Å²) in [5.74, 6) is -1.66. The van der Waals surface area contributed by atoms with E-state index in [0.717, 1.165) is 30.5 Å². The molecule has 0 aliphatic heterocycles. The summed E-state index contributed by atoms with van der Waals surface area (Å²) in [7, 11) is 0. The van der Waals surface area contributed by atoms with Crippen molar-refractivity contribution < 1.29 is 14.3 Å². The molecule has 1 aliphatic carbocycles. The monoisotopic (exact) mass is 339 g/mol. The number of rotatable bonds is 4. The van der Waals surface area contributed by atoms with Crippen molar-refractivity contribution in [1.82, 2.24) is 4.98 Å². The number of aromatic nitrogens is 1. The molecular weight excluding hydrogens is 322 g/mol. The predicted octanol–water partition coefficient (Wildman–Crippen LogP) is 2.69. The van der Waals surface area contributed by atoms with Gasteiger partial charge in [-0.05, 0) is 37.8 Å². The van der Waals surface area contributed by atoms with E-state index in [9.17, 15) is 9.59 Å². The van der Waals surface area contributed by atoms with Crippen LogP contribution in [-0.4, -0.2) is 21.9 Å². The number of nitrogens with two attached hydrogens (primary N) is 1. The maximum absolute atomic E-state index is 12.6. The largest absolute Gasteiger partial charge is 0.478 e. The summed E-state index contributed by atoms with van der Waals surface area (Å²) >= 11 is 0. The Balaban J connectivity index is 2.12. The first-order chi connectivity index (χ1) is 11.9. The van der Waals surface area contributed by atoms with E-state index >= 15 is 0 Å². The second-order valence-corrected chi connectivity index (χ2v) is 5.83. The minimum absolute atomic E-state index is 0.0490. The second-order valence-electron chi connectivity index (χ2n) is 5.83. The van der Waals surface area contributed by atoms with E-state index in [0.29, 0.717) is 5.39 Å². The molecule has 2 aromatic rings.